The molecule has 3 saturated heterocycles. The molecule has 27 heteroatoms. The van der Waals surface area contributed by atoms with Crippen LogP contribution in [0.4, 0.5) is 0 Å². The third-order valence-corrected chi connectivity index (χ3v) is 64.7. The van der Waals surface area contributed by atoms with Crippen LogP contribution in [-0.4, -0.2) is 123 Å². The Bertz CT molecular complexity index is 2390. The Balaban J connectivity index is 1.18. The van der Waals surface area contributed by atoms with Gasteiger partial charge in [0.05, 0.1) is 19.8 Å². The minimum absolute atomic E-state index is 0.474. The summed E-state index contributed by atoms with van der Waals surface area (Å²) in [7, 11) is -32.8. The van der Waals surface area contributed by atoms with Crippen LogP contribution in [0, 0.1) is 0 Å². The summed E-state index contributed by atoms with van der Waals surface area (Å²) in [6.07, 6.45) is 2.15. The largest absolute Gasteiger partial charge is 0.494 e. The topological polar surface area (TPSA) is 138 Å². The molecule has 3 fully saturated rings. The van der Waals surface area contributed by atoms with Gasteiger partial charge in [-0.2, -0.15) is 0 Å². The maximum atomic E-state index is 6.87. The van der Waals surface area contributed by atoms with E-state index in [4.69, 9.17) is 63.6 Å². The zero-order chi connectivity index (χ0) is 61.7. The molecule has 0 aromatic heterocycles. The van der Waals surface area contributed by atoms with Gasteiger partial charge in [-0.15, -0.1) is 39.5 Å². The first-order chi connectivity index (χ1) is 38.4. The molecule has 6 unspecified atom stereocenters. The van der Waals surface area contributed by atoms with Crippen molar-refractivity contribution in [2.24, 2.45) is 0 Å². The van der Waals surface area contributed by atoms with E-state index in [1.165, 1.54) is 0 Å². The van der Waals surface area contributed by atoms with Gasteiger partial charge in [-0.25, -0.2) is 0 Å². The second kappa shape index (κ2) is 26.8. The minimum Gasteiger partial charge on any atom is -0.494 e. The Labute approximate surface area is 510 Å². The van der Waals surface area contributed by atoms with Gasteiger partial charge in [0.15, 0.2) is 0 Å². The third kappa shape index (κ3) is 18.8. The molecule has 458 valence electrons. The van der Waals surface area contributed by atoms with Crippen molar-refractivity contribution >= 4 is 103 Å². The number of rotatable bonds is 24. The van der Waals surface area contributed by atoms with Gasteiger partial charge in [0.25, 0.3) is 0 Å². The third-order valence-electron chi connectivity index (χ3n) is 14.9. The Hall–Kier alpha value is -2.38. The summed E-state index contributed by atoms with van der Waals surface area (Å²) in [5, 5.41) is 0. The molecular formula is C56H96O15Si12. The van der Waals surface area contributed by atoms with Gasteiger partial charge in [-0.05, 0) is 196 Å². The fraction of sp³-hybridized carbons (Fsp3) is 0.464. The zero-order valence-electron chi connectivity index (χ0n) is 52.6. The maximum absolute atomic E-state index is 6.87. The SMILES string of the molecule is C=C[Si]1(C)O[Si](C)(C)O[Si](C)(C=C)O[Si](C)(CCCOc2ccc(C(C)(c3ccc(OCCC[Si]4(C)O[Si](C)(C=C)O[Si](C)(C)O[Si](C)(C=C)O4)cc3)c3ccc(OCCC[Si]4(C)O[Si](C)(C=C)O[Si](C)(C)O[Si](C)(C=C)O4)cc3)cc2)O1. The van der Waals surface area contributed by atoms with E-state index in [1.54, 1.807) is 0 Å². The van der Waals surface area contributed by atoms with E-state index in [2.05, 4.69) is 102 Å². The van der Waals surface area contributed by atoms with Gasteiger partial charge in [0.2, 0.25) is 0 Å². The van der Waals surface area contributed by atoms with Crippen LogP contribution >= 0.6 is 0 Å². The Morgan fingerprint density at radius 3 is 0.663 bits per heavy atom. The van der Waals surface area contributed by atoms with Crippen LogP contribution in [0.25, 0.3) is 0 Å². The molecule has 3 aromatic carbocycles. The van der Waals surface area contributed by atoms with Gasteiger partial charge in [0.1, 0.15) is 17.2 Å². The lowest BCUT2D eigenvalue weighted by Crippen LogP contribution is -2.65. The molecule has 83 heavy (non-hydrogen) atoms. The molecule has 3 aliphatic heterocycles. The maximum Gasteiger partial charge on any atom is 0.343 e. The second-order valence-corrected chi connectivity index (χ2v) is 65.8. The van der Waals surface area contributed by atoms with E-state index in [-0.39, 0.29) is 0 Å². The number of ether oxygens (including phenoxy) is 3. The van der Waals surface area contributed by atoms with Gasteiger partial charge >= 0.3 is 103 Å². The molecule has 0 saturated carbocycles. The molecule has 15 nitrogen and oxygen atoms in total. The first-order valence-corrected chi connectivity index (χ1v) is 59.2. The standard InChI is InChI=1S/C56H96O15Si12/c1-23-75(14)60-72(8,9)61-76(15,24-2)67-81(20,66-75)47-29-44-57-53-38-32-50(33-39-53)56(7,51-34-40-54(41-35-51)58-45-30-48-82(21)68-77(16,25-3)62-73(10,11)63-78(17,26-4)69-82)52-36-42-55(43-37-52)59-46-31-49-83(22)70-79(18,27-5)64-74(12,13)65-80(19,28-6)71-83/h23-28,32-43H,1-6,29-31,44-49H2,7-22H3. The molecule has 0 aliphatic carbocycles. The van der Waals surface area contributed by atoms with E-state index in [9.17, 15) is 0 Å². The number of hydrogen-bond acceptors (Lipinski definition) is 15. The van der Waals surface area contributed by atoms with Crippen molar-refractivity contribution in [3.05, 3.63) is 163 Å². The lowest BCUT2D eigenvalue weighted by Gasteiger charge is -2.47. The summed E-state index contributed by atoms with van der Waals surface area (Å²) < 4.78 is 100. The highest BCUT2D eigenvalue weighted by atomic mass is 28.5. The normalized spacial score (nSPS) is 34.3. The van der Waals surface area contributed by atoms with Crippen LogP contribution in [0.3, 0.4) is 0 Å². The summed E-state index contributed by atoms with van der Waals surface area (Å²) >= 11 is 0. The first kappa shape index (κ1) is 69.7. The molecular weight excluding hydrogens is 1250 g/mol. The number of hydrogen-bond donors (Lipinski definition) is 0. The monoisotopic (exact) mass is 1340 g/mol. The first-order valence-electron chi connectivity index (χ1n) is 28.8. The highest BCUT2D eigenvalue weighted by molar-refractivity contribution is 6.98. The van der Waals surface area contributed by atoms with Crippen molar-refractivity contribution < 1.29 is 63.6 Å². The summed E-state index contributed by atoms with van der Waals surface area (Å²) in [4.78, 5) is 0. The quantitative estimate of drug-likeness (QED) is 0.0477. The molecule has 0 bridgehead atoms. The van der Waals surface area contributed by atoms with Gasteiger partial charge in [0, 0.05) is 5.41 Å². The molecule has 0 spiro atoms. The van der Waals surface area contributed by atoms with Crippen molar-refractivity contribution in [2.45, 2.75) is 148 Å². The van der Waals surface area contributed by atoms with E-state index in [0.29, 0.717) is 57.2 Å². The van der Waals surface area contributed by atoms with Crippen LogP contribution in [-0.2, 0) is 54.8 Å². The van der Waals surface area contributed by atoms with Crippen LogP contribution in [0.15, 0.2) is 146 Å². The van der Waals surface area contributed by atoms with E-state index in [0.717, 1.165) is 33.9 Å². The predicted molar refractivity (Wildman–Crippen MR) is 361 cm³/mol. The predicted octanol–water partition coefficient (Wildman–Crippen LogP) is 14.7. The van der Waals surface area contributed by atoms with Crippen LogP contribution in [0.2, 0.25) is 116 Å². The van der Waals surface area contributed by atoms with Crippen LogP contribution in [0.1, 0.15) is 42.9 Å². The summed E-state index contributed by atoms with van der Waals surface area (Å²) in [6.45, 7) is 58.8. The lowest BCUT2D eigenvalue weighted by atomic mass is 9.71. The molecule has 3 aromatic rings. The van der Waals surface area contributed by atoms with E-state index < -0.39 is 108 Å². The van der Waals surface area contributed by atoms with Gasteiger partial charge < -0.3 is 63.6 Å². The Morgan fingerprint density at radius 2 is 0.494 bits per heavy atom. The Morgan fingerprint density at radius 1 is 0.313 bits per heavy atom. The molecule has 0 N–H and O–H groups in total. The average Bonchev–Trinajstić information content (AvgIpc) is 1.68. The van der Waals surface area contributed by atoms with E-state index in [1.807, 2.05) is 149 Å². The second-order valence-electron chi connectivity index (χ2n) is 24.7. The molecule has 3 aliphatic rings. The number of benzene rings is 3. The fourth-order valence-electron chi connectivity index (χ4n) is 11.5. The highest BCUT2D eigenvalue weighted by Crippen LogP contribution is 2.42. The lowest BCUT2D eigenvalue weighted by molar-refractivity contribution is 0.234. The minimum atomic E-state index is -2.81. The molecule has 3 heterocycles. The van der Waals surface area contributed by atoms with Gasteiger partial charge in [-0.3, -0.25) is 0 Å². The van der Waals surface area contributed by atoms with Crippen LogP contribution < -0.4 is 14.2 Å². The fourth-order valence-corrected chi connectivity index (χ4v) is 70.8. The highest BCUT2D eigenvalue weighted by Gasteiger charge is 2.57. The molecule has 0 amide bonds. The van der Waals surface area contributed by atoms with E-state index >= 15 is 0 Å². The molecule has 6 rings (SSSR count). The summed E-state index contributed by atoms with van der Waals surface area (Å²) in [6, 6.07) is 27.2. The molecule has 0 radical (unpaired) electrons. The van der Waals surface area contributed by atoms with Crippen molar-refractivity contribution in [3.63, 3.8) is 0 Å². The average molecular weight is 1350 g/mol. The summed E-state index contributed by atoms with van der Waals surface area (Å²) in [5.41, 5.74) is 13.7. The van der Waals surface area contributed by atoms with Crippen molar-refractivity contribution in [3.8, 4) is 17.2 Å². The van der Waals surface area contributed by atoms with Crippen LogP contribution in [0.5, 0.6) is 17.2 Å². The van der Waals surface area contributed by atoms with Gasteiger partial charge in [-0.1, -0.05) is 70.6 Å². The smallest absolute Gasteiger partial charge is 0.343 e. The van der Waals surface area contributed by atoms with Crippen molar-refractivity contribution in [2.75, 3.05) is 19.8 Å². The zero-order valence-corrected chi connectivity index (χ0v) is 64.6. The Kier molecular flexibility index (Phi) is 22.5. The van der Waals surface area contributed by atoms with Crippen molar-refractivity contribution in [1.82, 2.24) is 0 Å². The summed E-state index contributed by atoms with van der Waals surface area (Å²) in [5.74, 6) is 2.30. The van der Waals surface area contributed by atoms with Crippen molar-refractivity contribution in [1.29, 1.82) is 0 Å². The molecule has 6 atom stereocenters.